The summed E-state index contributed by atoms with van der Waals surface area (Å²) in [4.78, 5) is 25.0. The van der Waals surface area contributed by atoms with E-state index in [4.69, 9.17) is 4.74 Å². The summed E-state index contributed by atoms with van der Waals surface area (Å²) in [7, 11) is 0. The monoisotopic (exact) mass is 420 g/mol. The van der Waals surface area contributed by atoms with E-state index in [9.17, 15) is 9.59 Å². The molecule has 0 bridgehead atoms. The zero-order valence-electron chi connectivity index (χ0n) is 14.4. The molecule has 2 aliphatic heterocycles. The molecule has 3 heterocycles. The Balaban J connectivity index is 1.49. The van der Waals surface area contributed by atoms with Crippen molar-refractivity contribution >= 4 is 21.8 Å². The van der Waals surface area contributed by atoms with Gasteiger partial charge >= 0.3 is 5.69 Å². The van der Waals surface area contributed by atoms with Crippen LogP contribution in [0.15, 0.2) is 27.5 Å². The van der Waals surface area contributed by atoms with Gasteiger partial charge in [0.2, 0.25) is 5.91 Å². The number of hydrogen-bond acceptors (Lipinski definition) is 4. The van der Waals surface area contributed by atoms with Crippen LogP contribution in [0.3, 0.4) is 0 Å². The van der Waals surface area contributed by atoms with Crippen LogP contribution in [0.25, 0.3) is 0 Å². The molecule has 8 heteroatoms. The van der Waals surface area contributed by atoms with Crippen LogP contribution >= 0.6 is 15.9 Å². The number of ether oxygens (including phenoxy) is 1. The molecule has 4 rings (SSSR count). The number of benzene rings is 1. The molecule has 0 saturated heterocycles. The normalized spacial score (nSPS) is 19.0. The largest absolute Gasteiger partial charge is 0.493 e. The first-order chi connectivity index (χ1) is 12.6. The van der Waals surface area contributed by atoms with Gasteiger partial charge in [-0.1, -0.05) is 22.4 Å². The van der Waals surface area contributed by atoms with Gasteiger partial charge in [0.25, 0.3) is 0 Å². The zero-order chi connectivity index (χ0) is 18.1. The molecule has 2 aliphatic rings. The quantitative estimate of drug-likeness (QED) is 0.824. The van der Waals surface area contributed by atoms with Crippen molar-refractivity contribution in [2.24, 2.45) is 0 Å². The lowest BCUT2D eigenvalue weighted by Crippen LogP contribution is -2.37. The summed E-state index contributed by atoms with van der Waals surface area (Å²) < 4.78 is 9.59. The minimum absolute atomic E-state index is 0.0560. The van der Waals surface area contributed by atoms with Crippen molar-refractivity contribution < 1.29 is 9.53 Å². The maximum atomic E-state index is 12.5. The second-order valence-corrected chi connectivity index (χ2v) is 7.67. The Bertz CT molecular complexity index is 889. The number of aryl methyl sites for hydroxylation is 1. The summed E-state index contributed by atoms with van der Waals surface area (Å²) in [6.07, 6.45) is 4.63. The van der Waals surface area contributed by atoms with Crippen LogP contribution in [0.2, 0.25) is 0 Å². The lowest BCUT2D eigenvalue weighted by atomic mass is 10.0. The summed E-state index contributed by atoms with van der Waals surface area (Å²) in [6, 6.07) is 5.65. The van der Waals surface area contributed by atoms with E-state index in [1.54, 1.807) is 4.57 Å². The van der Waals surface area contributed by atoms with Crippen LogP contribution in [0.5, 0.6) is 5.75 Å². The molecule has 2 aromatic rings. The highest BCUT2D eigenvalue weighted by molar-refractivity contribution is 9.10. The Morgan fingerprint density at radius 3 is 3.12 bits per heavy atom. The number of fused-ring (bicyclic) bond motifs is 2. The fourth-order valence-electron chi connectivity index (χ4n) is 3.62. The zero-order valence-corrected chi connectivity index (χ0v) is 16.0. The van der Waals surface area contributed by atoms with Crippen LogP contribution in [0, 0.1) is 0 Å². The molecule has 1 aromatic heterocycles. The van der Waals surface area contributed by atoms with E-state index in [2.05, 4.69) is 26.3 Å². The Morgan fingerprint density at radius 2 is 2.23 bits per heavy atom. The van der Waals surface area contributed by atoms with Crippen LogP contribution in [-0.2, 0) is 24.3 Å². The standard InChI is InChI=1S/C18H21BrN4O3/c19-12-5-6-15-13(10-12)14(7-9-26-15)20-17(24)11-23-18(25)22-8-3-1-2-4-16(22)21-23/h5-6,10,14H,1-4,7-9,11H2,(H,20,24). The summed E-state index contributed by atoms with van der Waals surface area (Å²) in [6.45, 7) is 1.19. The highest BCUT2D eigenvalue weighted by Crippen LogP contribution is 2.34. The van der Waals surface area contributed by atoms with Gasteiger partial charge in [0.05, 0.1) is 12.6 Å². The van der Waals surface area contributed by atoms with Crippen molar-refractivity contribution in [3.8, 4) is 5.75 Å². The van der Waals surface area contributed by atoms with E-state index >= 15 is 0 Å². The first-order valence-electron chi connectivity index (χ1n) is 9.00. The minimum Gasteiger partial charge on any atom is -0.493 e. The van der Waals surface area contributed by atoms with Crippen molar-refractivity contribution in [3.05, 3.63) is 44.5 Å². The molecule has 0 radical (unpaired) electrons. The van der Waals surface area contributed by atoms with Crippen molar-refractivity contribution in [2.75, 3.05) is 6.61 Å². The minimum atomic E-state index is -0.210. The summed E-state index contributed by atoms with van der Waals surface area (Å²) in [5.41, 5.74) is 0.763. The molecule has 0 fully saturated rings. The highest BCUT2D eigenvalue weighted by Gasteiger charge is 2.24. The molecular weight excluding hydrogens is 400 g/mol. The smallest absolute Gasteiger partial charge is 0.346 e. The Kier molecular flexibility index (Phi) is 4.84. The first-order valence-corrected chi connectivity index (χ1v) is 9.79. The third kappa shape index (κ3) is 3.42. The highest BCUT2D eigenvalue weighted by atomic mass is 79.9. The average molecular weight is 421 g/mol. The van der Waals surface area contributed by atoms with Crippen LogP contribution in [0.1, 0.15) is 43.1 Å². The van der Waals surface area contributed by atoms with Crippen molar-refractivity contribution in [1.82, 2.24) is 19.7 Å². The van der Waals surface area contributed by atoms with Crippen LogP contribution < -0.4 is 15.7 Å². The number of carbonyl (C=O) groups is 1. The van der Waals surface area contributed by atoms with Gasteiger partial charge in [0.15, 0.2) is 0 Å². The molecule has 1 unspecified atom stereocenters. The van der Waals surface area contributed by atoms with Gasteiger partial charge in [-0.2, -0.15) is 5.10 Å². The molecule has 0 saturated carbocycles. The van der Waals surface area contributed by atoms with Crippen molar-refractivity contribution in [2.45, 2.75) is 51.2 Å². The molecular formula is C18H21BrN4O3. The Morgan fingerprint density at radius 1 is 1.35 bits per heavy atom. The molecule has 0 aliphatic carbocycles. The van der Waals surface area contributed by atoms with E-state index < -0.39 is 0 Å². The number of rotatable bonds is 3. The molecule has 0 spiro atoms. The maximum absolute atomic E-state index is 12.5. The van der Waals surface area contributed by atoms with E-state index in [1.807, 2.05) is 18.2 Å². The number of hydrogen-bond donors (Lipinski definition) is 1. The maximum Gasteiger partial charge on any atom is 0.346 e. The molecule has 1 aromatic carbocycles. The predicted octanol–water partition coefficient (Wildman–Crippen LogP) is 2.17. The van der Waals surface area contributed by atoms with Gasteiger partial charge in [-0.3, -0.25) is 9.36 Å². The SMILES string of the molecule is O=C(Cn1nc2n(c1=O)CCCCC2)NC1CCOc2ccc(Br)cc21. The Labute approximate surface area is 159 Å². The van der Waals surface area contributed by atoms with E-state index in [0.29, 0.717) is 19.6 Å². The second kappa shape index (κ2) is 7.26. The van der Waals surface area contributed by atoms with E-state index in [-0.39, 0.29) is 24.2 Å². The predicted molar refractivity (Wildman–Crippen MR) is 99.2 cm³/mol. The van der Waals surface area contributed by atoms with Crippen LogP contribution in [0.4, 0.5) is 0 Å². The fraction of sp³-hybridized carbons (Fsp3) is 0.500. The third-order valence-corrected chi connectivity index (χ3v) is 5.41. The molecule has 7 nitrogen and oxygen atoms in total. The van der Waals surface area contributed by atoms with Gasteiger partial charge in [-0.25, -0.2) is 9.48 Å². The average Bonchev–Trinajstić information content (AvgIpc) is 2.79. The Hall–Kier alpha value is -2.09. The van der Waals surface area contributed by atoms with Crippen molar-refractivity contribution in [1.29, 1.82) is 0 Å². The molecule has 1 atom stereocenters. The van der Waals surface area contributed by atoms with Crippen LogP contribution in [-0.4, -0.2) is 26.9 Å². The molecule has 138 valence electrons. The van der Waals surface area contributed by atoms with Gasteiger partial charge in [-0.15, -0.1) is 0 Å². The first kappa shape index (κ1) is 17.3. The topological polar surface area (TPSA) is 78.2 Å². The number of halogens is 1. The molecule has 1 amide bonds. The van der Waals surface area contributed by atoms with Gasteiger partial charge < -0.3 is 10.1 Å². The summed E-state index contributed by atoms with van der Waals surface area (Å²) in [5, 5.41) is 7.40. The van der Waals surface area contributed by atoms with E-state index in [1.165, 1.54) is 4.68 Å². The fourth-order valence-corrected chi connectivity index (χ4v) is 4.00. The molecule has 1 N–H and O–H groups in total. The number of amides is 1. The molecule has 26 heavy (non-hydrogen) atoms. The third-order valence-electron chi connectivity index (χ3n) is 4.92. The van der Waals surface area contributed by atoms with Gasteiger partial charge in [0, 0.05) is 29.4 Å². The van der Waals surface area contributed by atoms with E-state index in [0.717, 1.165) is 47.3 Å². The van der Waals surface area contributed by atoms with Crippen molar-refractivity contribution in [3.63, 3.8) is 0 Å². The number of nitrogens with zero attached hydrogens (tertiary/aromatic N) is 3. The van der Waals surface area contributed by atoms with Gasteiger partial charge in [-0.05, 0) is 31.0 Å². The number of aromatic nitrogens is 3. The second-order valence-electron chi connectivity index (χ2n) is 6.76. The van der Waals surface area contributed by atoms with Gasteiger partial charge in [0.1, 0.15) is 18.1 Å². The lowest BCUT2D eigenvalue weighted by molar-refractivity contribution is -0.122. The number of nitrogens with one attached hydrogen (secondary N) is 1. The summed E-state index contributed by atoms with van der Waals surface area (Å²) in [5.74, 6) is 1.37. The summed E-state index contributed by atoms with van der Waals surface area (Å²) >= 11 is 3.46. The number of carbonyl (C=O) groups excluding carboxylic acids is 1. The lowest BCUT2D eigenvalue weighted by Gasteiger charge is -2.26.